The van der Waals surface area contributed by atoms with Gasteiger partial charge in [-0.3, -0.25) is 0 Å². The summed E-state index contributed by atoms with van der Waals surface area (Å²) in [6.07, 6.45) is 5.34. The molecule has 1 rings (SSSR count). The van der Waals surface area contributed by atoms with Gasteiger partial charge in [0.2, 0.25) is 0 Å². The number of benzene rings is 1. The molecule has 86 valence electrons. The predicted molar refractivity (Wildman–Crippen MR) is 76.8 cm³/mol. The van der Waals surface area contributed by atoms with E-state index in [1.807, 2.05) is 6.08 Å². The number of halogens is 1. The van der Waals surface area contributed by atoms with Crippen molar-refractivity contribution in [3.8, 4) is 0 Å². The van der Waals surface area contributed by atoms with Crippen LogP contribution in [0.5, 0.6) is 0 Å². The minimum atomic E-state index is 1.07. The summed E-state index contributed by atoms with van der Waals surface area (Å²) in [6, 6.07) is 8.53. The van der Waals surface area contributed by atoms with Gasteiger partial charge >= 0.3 is 0 Å². The topological polar surface area (TPSA) is 0 Å². The Morgan fingerprint density at radius 3 is 2.38 bits per heavy atom. The molecule has 0 aliphatic carbocycles. The molecule has 0 fully saturated rings. The van der Waals surface area contributed by atoms with Crippen LogP contribution in [0.2, 0.25) is 0 Å². The van der Waals surface area contributed by atoms with Gasteiger partial charge in [-0.25, -0.2) is 0 Å². The first-order valence-corrected chi connectivity index (χ1v) is 6.63. The Kier molecular flexibility index (Phi) is 5.54. The van der Waals surface area contributed by atoms with Gasteiger partial charge in [0.25, 0.3) is 0 Å². The Labute approximate surface area is 107 Å². The number of hydrogen-bond acceptors (Lipinski definition) is 0. The van der Waals surface area contributed by atoms with Crippen LogP contribution in [0.25, 0.3) is 10.1 Å². The van der Waals surface area contributed by atoms with Crippen molar-refractivity contribution in [2.75, 3.05) is 0 Å². The summed E-state index contributed by atoms with van der Waals surface area (Å²) in [5.74, 6) is 0. The van der Waals surface area contributed by atoms with Crippen LogP contribution < -0.4 is 10.4 Å². The third kappa shape index (κ3) is 3.08. The van der Waals surface area contributed by atoms with E-state index >= 15 is 0 Å². The lowest BCUT2D eigenvalue weighted by atomic mass is 10.0. The Hall–Kier alpha value is -0.820. The first-order chi connectivity index (χ1) is 7.74. The molecule has 1 aromatic rings. The SMILES string of the molecule is C=C/C(Br)=c1/cccc/c1=C(/CC)CCC. The molecule has 0 spiro atoms. The lowest BCUT2D eigenvalue weighted by molar-refractivity contribution is 0.930. The minimum absolute atomic E-state index is 1.07. The maximum atomic E-state index is 3.82. The van der Waals surface area contributed by atoms with E-state index in [4.69, 9.17) is 0 Å². The second-order valence-electron chi connectivity index (χ2n) is 3.80. The molecular formula is C15H19Br. The molecule has 0 aliphatic rings. The quantitative estimate of drug-likeness (QED) is 0.787. The third-order valence-corrected chi connectivity index (χ3v) is 3.47. The van der Waals surface area contributed by atoms with Crippen molar-refractivity contribution in [2.45, 2.75) is 33.1 Å². The number of allylic oxidation sites excluding steroid dienone is 1. The molecule has 1 aromatic carbocycles. The van der Waals surface area contributed by atoms with E-state index in [9.17, 15) is 0 Å². The second-order valence-corrected chi connectivity index (χ2v) is 4.66. The molecule has 0 heterocycles. The van der Waals surface area contributed by atoms with E-state index in [1.54, 1.807) is 0 Å². The minimum Gasteiger partial charge on any atom is -0.0979 e. The first kappa shape index (κ1) is 13.2. The van der Waals surface area contributed by atoms with Gasteiger partial charge in [0.05, 0.1) is 0 Å². The summed E-state index contributed by atoms with van der Waals surface area (Å²) in [5.41, 5.74) is 1.52. The largest absolute Gasteiger partial charge is 0.0979 e. The van der Waals surface area contributed by atoms with Gasteiger partial charge in [0.15, 0.2) is 0 Å². The molecule has 0 bridgehead atoms. The van der Waals surface area contributed by atoms with Crippen LogP contribution in [0.1, 0.15) is 33.1 Å². The summed E-state index contributed by atoms with van der Waals surface area (Å²) in [4.78, 5) is 0. The molecule has 0 aromatic heterocycles. The van der Waals surface area contributed by atoms with Crippen LogP contribution in [0.4, 0.5) is 0 Å². The van der Waals surface area contributed by atoms with Gasteiger partial charge in [0.1, 0.15) is 0 Å². The van der Waals surface area contributed by atoms with Crippen LogP contribution in [0.3, 0.4) is 0 Å². The van der Waals surface area contributed by atoms with Crippen molar-refractivity contribution in [2.24, 2.45) is 0 Å². The zero-order valence-electron chi connectivity index (χ0n) is 10.1. The van der Waals surface area contributed by atoms with Crippen molar-refractivity contribution in [1.82, 2.24) is 0 Å². The van der Waals surface area contributed by atoms with Crippen molar-refractivity contribution in [1.29, 1.82) is 0 Å². The van der Waals surface area contributed by atoms with Crippen LogP contribution >= 0.6 is 15.9 Å². The molecule has 0 aliphatic heterocycles. The monoisotopic (exact) mass is 278 g/mol. The fourth-order valence-corrected chi connectivity index (χ4v) is 2.26. The smallest absolute Gasteiger partial charge is 0.0247 e. The van der Waals surface area contributed by atoms with Crippen molar-refractivity contribution >= 4 is 26.0 Å². The molecule has 0 N–H and O–H groups in total. The van der Waals surface area contributed by atoms with E-state index in [0.29, 0.717) is 0 Å². The van der Waals surface area contributed by atoms with Crippen molar-refractivity contribution < 1.29 is 0 Å². The van der Waals surface area contributed by atoms with Crippen LogP contribution in [-0.4, -0.2) is 0 Å². The van der Waals surface area contributed by atoms with Gasteiger partial charge in [-0.15, -0.1) is 0 Å². The molecule has 0 saturated heterocycles. The van der Waals surface area contributed by atoms with E-state index < -0.39 is 0 Å². The highest BCUT2D eigenvalue weighted by atomic mass is 79.9. The summed E-state index contributed by atoms with van der Waals surface area (Å²) >= 11 is 3.57. The lowest BCUT2D eigenvalue weighted by Crippen LogP contribution is -2.27. The summed E-state index contributed by atoms with van der Waals surface area (Å²) < 4.78 is 1.07. The van der Waals surface area contributed by atoms with Gasteiger partial charge in [-0.1, -0.05) is 78.7 Å². The molecular weight excluding hydrogens is 260 g/mol. The molecule has 0 nitrogen and oxygen atoms in total. The maximum Gasteiger partial charge on any atom is 0.0247 e. The lowest BCUT2D eigenvalue weighted by Gasteiger charge is -2.03. The average molecular weight is 279 g/mol. The van der Waals surface area contributed by atoms with E-state index in [1.165, 1.54) is 28.9 Å². The maximum absolute atomic E-state index is 3.82. The Bertz CT molecular complexity index is 468. The van der Waals surface area contributed by atoms with E-state index in [-0.39, 0.29) is 0 Å². The molecule has 0 atom stereocenters. The summed E-state index contributed by atoms with van der Waals surface area (Å²) in [7, 11) is 0. The highest BCUT2D eigenvalue weighted by molar-refractivity contribution is 9.15. The van der Waals surface area contributed by atoms with Crippen LogP contribution in [0, 0.1) is 0 Å². The molecule has 0 saturated carbocycles. The summed E-state index contributed by atoms with van der Waals surface area (Å²) in [6.45, 7) is 8.27. The standard InChI is InChI=1S/C15H19Br/c1-4-9-12(5-2)13-10-7-8-11-14(13)15(16)6-3/h6-8,10-11H,3-5,9H2,1-2H3/b13-12+,15-14+. The van der Waals surface area contributed by atoms with E-state index in [2.05, 4.69) is 60.6 Å². The normalized spacial score (nSPS) is 14.4. The Morgan fingerprint density at radius 1 is 1.25 bits per heavy atom. The molecule has 0 radical (unpaired) electrons. The second kappa shape index (κ2) is 6.70. The van der Waals surface area contributed by atoms with Crippen LogP contribution in [0.15, 0.2) is 36.9 Å². The Balaban J connectivity index is 3.61. The zero-order valence-corrected chi connectivity index (χ0v) is 11.7. The fraction of sp³-hybridized carbons (Fsp3) is 0.333. The van der Waals surface area contributed by atoms with Crippen molar-refractivity contribution in [3.05, 3.63) is 47.4 Å². The highest BCUT2D eigenvalue weighted by Crippen LogP contribution is 2.08. The average Bonchev–Trinajstić information content (AvgIpc) is 2.35. The van der Waals surface area contributed by atoms with Crippen molar-refractivity contribution in [3.63, 3.8) is 0 Å². The fourth-order valence-electron chi connectivity index (χ4n) is 1.91. The predicted octanol–water partition coefficient (Wildman–Crippen LogP) is 3.74. The highest BCUT2D eigenvalue weighted by Gasteiger charge is 1.97. The van der Waals surface area contributed by atoms with Gasteiger partial charge in [0, 0.05) is 4.48 Å². The van der Waals surface area contributed by atoms with Crippen LogP contribution in [-0.2, 0) is 0 Å². The van der Waals surface area contributed by atoms with E-state index in [0.717, 1.165) is 10.9 Å². The summed E-state index contributed by atoms with van der Waals surface area (Å²) in [5, 5.41) is 2.61. The first-order valence-electron chi connectivity index (χ1n) is 5.83. The number of hydrogen-bond donors (Lipinski definition) is 0. The zero-order chi connectivity index (χ0) is 12.0. The van der Waals surface area contributed by atoms with Gasteiger partial charge in [-0.2, -0.15) is 0 Å². The Morgan fingerprint density at radius 2 is 1.88 bits per heavy atom. The molecule has 16 heavy (non-hydrogen) atoms. The third-order valence-electron chi connectivity index (χ3n) is 2.72. The molecule has 0 amide bonds. The van der Waals surface area contributed by atoms with Gasteiger partial charge < -0.3 is 0 Å². The number of rotatable bonds is 4. The van der Waals surface area contributed by atoms with Gasteiger partial charge in [-0.05, 0) is 23.3 Å². The molecule has 0 unspecified atom stereocenters. The molecule has 1 heteroatoms.